The monoisotopic (exact) mass is 305 g/mol. The average Bonchev–Trinajstić information content (AvgIpc) is 2.99. The maximum atomic E-state index is 11.2. The lowest BCUT2D eigenvalue weighted by Gasteiger charge is -2.12. The van der Waals surface area contributed by atoms with E-state index in [9.17, 15) is 4.79 Å². The first-order valence-corrected chi connectivity index (χ1v) is 7.85. The third kappa shape index (κ3) is 4.26. The molecule has 1 unspecified atom stereocenters. The van der Waals surface area contributed by atoms with Gasteiger partial charge in [0.05, 0.1) is 10.6 Å². The van der Waals surface area contributed by atoms with Crippen LogP contribution in [0.2, 0.25) is 0 Å². The van der Waals surface area contributed by atoms with E-state index in [1.165, 1.54) is 0 Å². The molecule has 0 aliphatic carbocycles. The van der Waals surface area contributed by atoms with Gasteiger partial charge in [0, 0.05) is 29.7 Å². The van der Waals surface area contributed by atoms with Gasteiger partial charge in [0.25, 0.3) is 0 Å². The highest BCUT2D eigenvalue weighted by Gasteiger charge is 2.11. The molecule has 1 atom stereocenters. The van der Waals surface area contributed by atoms with Gasteiger partial charge in [0.15, 0.2) is 0 Å². The van der Waals surface area contributed by atoms with E-state index in [2.05, 4.69) is 22.2 Å². The Morgan fingerprint density at radius 2 is 2.29 bits per heavy atom. The summed E-state index contributed by atoms with van der Waals surface area (Å²) in [7, 11) is 0. The van der Waals surface area contributed by atoms with Crippen LogP contribution in [0.5, 0.6) is 0 Å². The van der Waals surface area contributed by atoms with Crippen LogP contribution in [0.15, 0.2) is 23.7 Å². The fourth-order valence-electron chi connectivity index (χ4n) is 2.01. The van der Waals surface area contributed by atoms with Gasteiger partial charge in [-0.05, 0) is 18.6 Å². The molecule has 0 saturated carbocycles. The predicted molar refractivity (Wildman–Crippen MR) is 84.2 cm³/mol. The molecular weight excluding hydrogens is 286 g/mol. The smallest absolute Gasteiger partial charge is 0.335 e. The summed E-state index contributed by atoms with van der Waals surface area (Å²) >= 11 is 1.62. The van der Waals surface area contributed by atoms with Crippen molar-refractivity contribution in [3.8, 4) is 0 Å². The lowest BCUT2D eigenvalue weighted by molar-refractivity contribution is 0.0696. The zero-order valence-corrected chi connectivity index (χ0v) is 13.0. The van der Waals surface area contributed by atoms with Gasteiger partial charge >= 0.3 is 5.97 Å². The van der Waals surface area contributed by atoms with E-state index in [0.29, 0.717) is 12.4 Å². The number of aryl methyl sites for hydroxylation is 1. The first kappa shape index (κ1) is 15.4. The highest BCUT2D eigenvalue weighted by molar-refractivity contribution is 7.09. The van der Waals surface area contributed by atoms with Crippen molar-refractivity contribution in [3.63, 3.8) is 0 Å². The van der Waals surface area contributed by atoms with Crippen molar-refractivity contribution in [2.24, 2.45) is 0 Å². The van der Waals surface area contributed by atoms with Crippen LogP contribution in [-0.2, 0) is 6.42 Å². The van der Waals surface area contributed by atoms with Crippen LogP contribution in [0.4, 0.5) is 5.82 Å². The number of carbonyl (C=O) groups is 1. The second kappa shape index (κ2) is 7.17. The van der Waals surface area contributed by atoms with Crippen molar-refractivity contribution in [1.29, 1.82) is 0 Å². The van der Waals surface area contributed by atoms with Crippen molar-refractivity contribution in [2.45, 2.75) is 32.6 Å². The summed E-state index contributed by atoms with van der Waals surface area (Å²) < 4.78 is 0. The Morgan fingerprint density at radius 3 is 2.90 bits per heavy atom. The molecule has 0 radical (unpaired) electrons. The molecule has 0 spiro atoms. The number of hydrogen-bond acceptors (Lipinski definition) is 5. The first-order valence-electron chi connectivity index (χ1n) is 6.97. The Hall–Kier alpha value is -1.95. The Balaban J connectivity index is 2.09. The molecule has 2 aromatic rings. The third-order valence-electron chi connectivity index (χ3n) is 3.09. The van der Waals surface area contributed by atoms with E-state index >= 15 is 0 Å². The summed E-state index contributed by atoms with van der Waals surface area (Å²) in [5, 5.41) is 15.4. The SMILES string of the molecule is CCCc1cc(C(=O)O)cc(NCC(C)c2nccs2)n1. The molecule has 21 heavy (non-hydrogen) atoms. The molecule has 2 aromatic heterocycles. The van der Waals surface area contributed by atoms with E-state index in [-0.39, 0.29) is 11.5 Å². The number of nitrogens with one attached hydrogen (secondary N) is 1. The Morgan fingerprint density at radius 1 is 1.48 bits per heavy atom. The van der Waals surface area contributed by atoms with Crippen LogP contribution < -0.4 is 5.32 Å². The van der Waals surface area contributed by atoms with Crippen molar-refractivity contribution in [3.05, 3.63) is 40.0 Å². The van der Waals surface area contributed by atoms with Gasteiger partial charge in [-0.2, -0.15) is 0 Å². The van der Waals surface area contributed by atoms with E-state index in [0.717, 1.165) is 23.5 Å². The molecule has 6 heteroatoms. The molecule has 0 aromatic carbocycles. The molecule has 0 fully saturated rings. The molecular formula is C15H19N3O2S. The second-order valence-corrected chi connectivity index (χ2v) is 5.87. The van der Waals surface area contributed by atoms with Gasteiger partial charge in [-0.3, -0.25) is 0 Å². The predicted octanol–water partition coefficient (Wildman–Crippen LogP) is 3.40. The number of thiazole rings is 1. The van der Waals surface area contributed by atoms with E-state index in [1.807, 2.05) is 12.3 Å². The largest absolute Gasteiger partial charge is 0.478 e. The van der Waals surface area contributed by atoms with E-state index in [1.54, 1.807) is 29.7 Å². The molecule has 5 nitrogen and oxygen atoms in total. The van der Waals surface area contributed by atoms with Crippen LogP contribution in [0.25, 0.3) is 0 Å². The molecule has 0 bridgehead atoms. The maximum absolute atomic E-state index is 11.2. The van der Waals surface area contributed by atoms with Crippen LogP contribution in [0.1, 0.15) is 47.2 Å². The summed E-state index contributed by atoms with van der Waals surface area (Å²) in [6.45, 7) is 4.81. The van der Waals surface area contributed by atoms with Crippen LogP contribution in [-0.4, -0.2) is 27.6 Å². The van der Waals surface area contributed by atoms with Crippen molar-refractivity contribution >= 4 is 23.1 Å². The van der Waals surface area contributed by atoms with Gasteiger partial charge in [0.1, 0.15) is 5.82 Å². The van der Waals surface area contributed by atoms with Crippen molar-refractivity contribution in [2.75, 3.05) is 11.9 Å². The standard InChI is InChI=1S/C15H19N3O2S/c1-3-4-12-7-11(15(19)20)8-13(18-12)17-9-10(2)14-16-5-6-21-14/h5-8,10H,3-4,9H2,1-2H3,(H,17,18)(H,19,20). The number of hydrogen-bond donors (Lipinski definition) is 2. The lowest BCUT2D eigenvalue weighted by atomic mass is 10.1. The van der Waals surface area contributed by atoms with E-state index in [4.69, 9.17) is 5.11 Å². The van der Waals surface area contributed by atoms with Gasteiger partial charge in [-0.25, -0.2) is 14.8 Å². The molecule has 0 amide bonds. The number of carboxylic acids is 1. The van der Waals surface area contributed by atoms with Gasteiger partial charge in [-0.15, -0.1) is 11.3 Å². The first-order chi connectivity index (χ1) is 10.1. The topological polar surface area (TPSA) is 75.1 Å². The summed E-state index contributed by atoms with van der Waals surface area (Å²) in [4.78, 5) is 19.9. The Bertz CT molecular complexity index is 599. The van der Waals surface area contributed by atoms with Crippen LogP contribution >= 0.6 is 11.3 Å². The quantitative estimate of drug-likeness (QED) is 0.820. The zero-order valence-electron chi connectivity index (χ0n) is 12.2. The van der Waals surface area contributed by atoms with Crippen LogP contribution in [0, 0.1) is 0 Å². The zero-order chi connectivity index (χ0) is 15.2. The van der Waals surface area contributed by atoms with Crippen molar-refractivity contribution in [1.82, 2.24) is 9.97 Å². The van der Waals surface area contributed by atoms with Gasteiger partial charge in [0.2, 0.25) is 0 Å². The molecule has 2 N–H and O–H groups in total. The molecule has 2 rings (SSSR count). The average molecular weight is 305 g/mol. The molecule has 2 heterocycles. The second-order valence-electron chi connectivity index (χ2n) is 4.94. The molecule has 0 saturated heterocycles. The highest BCUT2D eigenvalue weighted by Crippen LogP contribution is 2.19. The van der Waals surface area contributed by atoms with E-state index < -0.39 is 5.97 Å². The molecule has 112 valence electrons. The van der Waals surface area contributed by atoms with Gasteiger partial charge < -0.3 is 10.4 Å². The number of nitrogens with zero attached hydrogens (tertiary/aromatic N) is 2. The van der Waals surface area contributed by atoms with Crippen molar-refractivity contribution < 1.29 is 9.90 Å². The Labute approximate surface area is 128 Å². The van der Waals surface area contributed by atoms with Gasteiger partial charge in [-0.1, -0.05) is 20.3 Å². The summed E-state index contributed by atoms with van der Waals surface area (Å²) in [5.74, 6) is -0.0533. The number of rotatable bonds is 7. The minimum absolute atomic E-state index is 0.259. The number of pyridine rings is 1. The Kier molecular flexibility index (Phi) is 5.27. The van der Waals surface area contributed by atoms with Crippen LogP contribution in [0.3, 0.4) is 0 Å². The summed E-state index contributed by atoms with van der Waals surface area (Å²) in [6, 6.07) is 3.22. The number of aromatic carboxylic acids is 1. The third-order valence-corrected chi connectivity index (χ3v) is 4.10. The molecule has 0 aliphatic rings. The summed E-state index contributed by atoms with van der Waals surface area (Å²) in [6.07, 6.45) is 3.50. The summed E-state index contributed by atoms with van der Waals surface area (Å²) in [5.41, 5.74) is 1.08. The normalized spacial score (nSPS) is 12.1. The fourth-order valence-corrected chi connectivity index (χ4v) is 2.71. The number of anilines is 1. The fraction of sp³-hybridized carbons (Fsp3) is 0.400. The highest BCUT2D eigenvalue weighted by atomic mass is 32.1. The minimum Gasteiger partial charge on any atom is -0.478 e. The number of carboxylic acid groups (broad SMARTS) is 1. The lowest BCUT2D eigenvalue weighted by Crippen LogP contribution is -2.12. The number of aromatic nitrogens is 2. The maximum Gasteiger partial charge on any atom is 0.335 e. The molecule has 0 aliphatic heterocycles. The minimum atomic E-state index is -0.925.